The van der Waals surface area contributed by atoms with E-state index >= 15 is 0 Å². The molecule has 0 unspecified atom stereocenters. The molecule has 0 heterocycles. The highest BCUT2D eigenvalue weighted by atomic mass is 32.1. The first-order valence-corrected chi connectivity index (χ1v) is 6.44. The number of hydrogen-bond donors (Lipinski definition) is 3. The first kappa shape index (κ1) is 16.2. The largest absolute Gasteiger partial charge is 0.380 e. The van der Waals surface area contributed by atoms with Crippen LogP contribution in [0.2, 0.25) is 0 Å². The van der Waals surface area contributed by atoms with Gasteiger partial charge in [-0.3, -0.25) is 9.59 Å². The lowest BCUT2D eigenvalue weighted by Gasteiger charge is -2.09. The standard InChI is InChI=1S/C11H22N2O3S/c1-9(2)13-11(15)3-5-12-10(14)4-6-16-7-8-17/h9,17H,3-8H2,1-2H3,(H,12,14)(H,13,15). The van der Waals surface area contributed by atoms with Gasteiger partial charge in [0.1, 0.15) is 0 Å². The van der Waals surface area contributed by atoms with Crippen molar-refractivity contribution >= 4 is 24.4 Å². The first-order chi connectivity index (χ1) is 8.06. The van der Waals surface area contributed by atoms with E-state index in [2.05, 4.69) is 23.3 Å². The summed E-state index contributed by atoms with van der Waals surface area (Å²) >= 11 is 3.98. The summed E-state index contributed by atoms with van der Waals surface area (Å²) in [5.41, 5.74) is 0. The van der Waals surface area contributed by atoms with E-state index in [9.17, 15) is 9.59 Å². The Morgan fingerprint density at radius 2 is 1.88 bits per heavy atom. The maximum Gasteiger partial charge on any atom is 0.222 e. The van der Waals surface area contributed by atoms with Gasteiger partial charge >= 0.3 is 0 Å². The maximum atomic E-state index is 11.3. The van der Waals surface area contributed by atoms with Gasteiger partial charge < -0.3 is 15.4 Å². The molecule has 2 N–H and O–H groups in total. The van der Waals surface area contributed by atoms with Crippen LogP contribution in [0.5, 0.6) is 0 Å². The van der Waals surface area contributed by atoms with Crippen molar-refractivity contribution in [1.29, 1.82) is 0 Å². The summed E-state index contributed by atoms with van der Waals surface area (Å²) in [5, 5.41) is 5.42. The van der Waals surface area contributed by atoms with Gasteiger partial charge in [-0.25, -0.2) is 0 Å². The Kier molecular flexibility index (Phi) is 9.95. The average molecular weight is 262 g/mol. The molecule has 0 aromatic rings. The van der Waals surface area contributed by atoms with Gasteiger partial charge in [0.05, 0.1) is 13.2 Å². The molecule has 2 amide bonds. The molecular weight excluding hydrogens is 240 g/mol. The first-order valence-electron chi connectivity index (χ1n) is 5.81. The summed E-state index contributed by atoms with van der Waals surface area (Å²) in [5.74, 6) is 0.505. The Morgan fingerprint density at radius 3 is 2.47 bits per heavy atom. The van der Waals surface area contributed by atoms with Crippen LogP contribution < -0.4 is 10.6 Å². The normalized spacial score (nSPS) is 10.4. The third-order valence-electron chi connectivity index (χ3n) is 1.83. The summed E-state index contributed by atoms with van der Waals surface area (Å²) in [6.45, 7) is 5.10. The van der Waals surface area contributed by atoms with Crippen LogP contribution in [0.15, 0.2) is 0 Å². The van der Waals surface area contributed by atoms with Crippen LogP contribution in [0.1, 0.15) is 26.7 Å². The lowest BCUT2D eigenvalue weighted by molar-refractivity contribution is -0.123. The topological polar surface area (TPSA) is 67.4 Å². The monoisotopic (exact) mass is 262 g/mol. The maximum absolute atomic E-state index is 11.3. The zero-order valence-corrected chi connectivity index (χ0v) is 11.4. The van der Waals surface area contributed by atoms with Crippen LogP contribution >= 0.6 is 12.6 Å². The molecule has 0 aromatic heterocycles. The number of nitrogens with one attached hydrogen (secondary N) is 2. The predicted molar refractivity (Wildman–Crippen MR) is 70.2 cm³/mol. The Balaban J connectivity index is 3.41. The lowest BCUT2D eigenvalue weighted by atomic mass is 10.3. The van der Waals surface area contributed by atoms with Crippen LogP contribution in [0.4, 0.5) is 0 Å². The summed E-state index contributed by atoms with van der Waals surface area (Å²) in [7, 11) is 0. The number of rotatable bonds is 9. The molecule has 0 rings (SSSR count). The quantitative estimate of drug-likeness (QED) is 0.415. The van der Waals surface area contributed by atoms with E-state index in [4.69, 9.17) is 4.74 Å². The van der Waals surface area contributed by atoms with Gasteiger partial charge in [-0.2, -0.15) is 12.6 Å². The highest BCUT2D eigenvalue weighted by Gasteiger charge is 2.04. The van der Waals surface area contributed by atoms with E-state index < -0.39 is 0 Å². The Labute approximate surface area is 108 Å². The lowest BCUT2D eigenvalue weighted by Crippen LogP contribution is -2.34. The molecule has 100 valence electrons. The van der Waals surface area contributed by atoms with Crippen molar-refractivity contribution in [2.45, 2.75) is 32.7 Å². The van der Waals surface area contributed by atoms with Gasteiger partial charge in [-0.15, -0.1) is 0 Å². The van der Waals surface area contributed by atoms with Crippen LogP contribution in [-0.4, -0.2) is 43.4 Å². The highest BCUT2D eigenvalue weighted by molar-refractivity contribution is 7.80. The second-order valence-corrected chi connectivity index (χ2v) is 4.36. The number of carbonyl (C=O) groups excluding carboxylic acids is 2. The number of amides is 2. The van der Waals surface area contributed by atoms with Crippen molar-refractivity contribution in [2.75, 3.05) is 25.5 Å². The van der Waals surface area contributed by atoms with Crippen LogP contribution in [0.25, 0.3) is 0 Å². The fraction of sp³-hybridized carbons (Fsp3) is 0.818. The molecule has 0 aromatic carbocycles. The molecule has 0 bridgehead atoms. The molecule has 0 aliphatic rings. The summed E-state index contributed by atoms with van der Waals surface area (Å²) < 4.78 is 5.12. The van der Waals surface area contributed by atoms with Crippen molar-refractivity contribution in [3.05, 3.63) is 0 Å². The van der Waals surface area contributed by atoms with E-state index in [0.29, 0.717) is 38.4 Å². The van der Waals surface area contributed by atoms with E-state index in [1.807, 2.05) is 13.8 Å². The zero-order valence-electron chi connectivity index (χ0n) is 10.5. The second kappa shape index (κ2) is 10.4. The van der Waals surface area contributed by atoms with E-state index in [-0.39, 0.29) is 17.9 Å². The summed E-state index contributed by atoms with van der Waals surface area (Å²) in [6, 6.07) is 0.132. The summed E-state index contributed by atoms with van der Waals surface area (Å²) in [4.78, 5) is 22.5. The summed E-state index contributed by atoms with van der Waals surface area (Å²) in [6.07, 6.45) is 0.626. The average Bonchev–Trinajstić information content (AvgIpc) is 2.23. The molecule has 0 aliphatic heterocycles. The minimum Gasteiger partial charge on any atom is -0.380 e. The van der Waals surface area contributed by atoms with Crippen molar-refractivity contribution in [3.8, 4) is 0 Å². The SMILES string of the molecule is CC(C)NC(=O)CCNC(=O)CCOCCS. The van der Waals surface area contributed by atoms with E-state index in [1.54, 1.807) is 0 Å². The number of thiol groups is 1. The molecule has 6 heteroatoms. The number of carbonyl (C=O) groups is 2. The number of hydrogen-bond acceptors (Lipinski definition) is 4. The smallest absolute Gasteiger partial charge is 0.222 e. The zero-order chi connectivity index (χ0) is 13.1. The van der Waals surface area contributed by atoms with Gasteiger partial charge in [0.2, 0.25) is 11.8 Å². The molecule has 0 spiro atoms. The van der Waals surface area contributed by atoms with Crippen LogP contribution in [-0.2, 0) is 14.3 Å². The molecule has 5 nitrogen and oxygen atoms in total. The molecule has 0 saturated carbocycles. The van der Waals surface area contributed by atoms with Crippen molar-refractivity contribution < 1.29 is 14.3 Å². The number of ether oxygens (including phenoxy) is 1. The van der Waals surface area contributed by atoms with Gasteiger partial charge in [-0.05, 0) is 13.8 Å². The van der Waals surface area contributed by atoms with Crippen molar-refractivity contribution in [1.82, 2.24) is 10.6 Å². The molecule has 17 heavy (non-hydrogen) atoms. The Hall–Kier alpha value is -0.750. The Morgan fingerprint density at radius 1 is 1.18 bits per heavy atom. The third kappa shape index (κ3) is 11.5. The van der Waals surface area contributed by atoms with Gasteiger partial charge in [0, 0.05) is 31.2 Å². The molecule has 0 atom stereocenters. The third-order valence-corrected chi connectivity index (χ3v) is 2.02. The molecule has 0 radical (unpaired) electrons. The van der Waals surface area contributed by atoms with Crippen LogP contribution in [0.3, 0.4) is 0 Å². The van der Waals surface area contributed by atoms with Gasteiger partial charge in [0.15, 0.2) is 0 Å². The van der Waals surface area contributed by atoms with Crippen molar-refractivity contribution in [2.24, 2.45) is 0 Å². The molecule has 0 fully saturated rings. The predicted octanol–water partition coefficient (Wildman–Crippen LogP) is 0.354. The minimum absolute atomic E-state index is 0.0494. The highest BCUT2D eigenvalue weighted by Crippen LogP contribution is 1.86. The van der Waals surface area contributed by atoms with Gasteiger partial charge in [-0.1, -0.05) is 0 Å². The van der Waals surface area contributed by atoms with E-state index in [1.165, 1.54) is 0 Å². The fourth-order valence-electron chi connectivity index (χ4n) is 1.13. The Bertz CT molecular complexity index is 235. The second-order valence-electron chi connectivity index (χ2n) is 3.91. The molecular formula is C11H22N2O3S. The van der Waals surface area contributed by atoms with Crippen LogP contribution in [0, 0.1) is 0 Å². The van der Waals surface area contributed by atoms with Crippen molar-refractivity contribution in [3.63, 3.8) is 0 Å². The minimum atomic E-state index is -0.0958. The fourth-order valence-corrected chi connectivity index (χ4v) is 1.26. The van der Waals surface area contributed by atoms with E-state index in [0.717, 1.165) is 0 Å². The molecule has 0 saturated heterocycles. The van der Waals surface area contributed by atoms with Gasteiger partial charge in [0.25, 0.3) is 0 Å². The molecule has 0 aliphatic carbocycles.